The molecule has 0 radical (unpaired) electrons. The third-order valence-electron chi connectivity index (χ3n) is 4.75. The third-order valence-corrected chi connectivity index (χ3v) is 4.75. The van der Waals surface area contributed by atoms with Crippen LogP contribution in [0.5, 0.6) is 0 Å². The smallest absolute Gasteiger partial charge is 0.308 e. The Labute approximate surface area is 112 Å². The predicted molar refractivity (Wildman–Crippen MR) is 74.7 cm³/mol. The minimum atomic E-state index is -0.606. The fourth-order valence-electron chi connectivity index (χ4n) is 3.25. The number of hydrogen-bond acceptors (Lipinski definition) is 2. The van der Waals surface area contributed by atoms with Crippen LogP contribution in [0.15, 0.2) is 0 Å². The first-order valence-electron chi connectivity index (χ1n) is 7.45. The van der Waals surface area contributed by atoms with Gasteiger partial charge in [-0.15, -0.1) is 0 Å². The van der Waals surface area contributed by atoms with Gasteiger partial charge in [0, 0.05) is 12.1 Å². The van der Waals surface area contributed by atoms with Crippen LogP contribution in [-0.2, 0) is 4.79 Å². The molecule has 4 atom stereocenters. The fraction of sp³-hybridized carbons (Fsp3) is 0.933. The molecule has 0 bridgehead atoms. The topological polar surface area (TPSA) is 40.5 Å². The van der Waals surface area contributed by atoms with Gasteiger partial charge in [-0.3, -0.25) is 9.69 Å². The first-order valence-corrected chi connectivity index (χ1v) is 7.45. The van der Waals surface area contributed by atoms with Gasteiger partial charge in [0.2, 0.25) is 0 Å². The summed E-state index contributed by atoms with van der Waals surface area (Å²) < 4.78 is 0. The molecule has 1 aliphatic carbocycles. The third kappa shape index (κ3) is 3.71. The number of hydrogen-bond donors (Lipinski definition) is 1. The lowest BCUT2D eigenvalue weighted by atomic mass is 9.75. The highest BCUT2D eigenvalue weighted by Crippen LogP contribution is 2.35. The minimum absolute atomic E-state index is 0.169. The van der Waals surface area contributed by atoms with Gasteiger partial charge in [0.15, 0.2) is 0 Å². The van der Waals surface area contributed by atoms with Crippen LogP contribution in [0.1, 0.15) is 59.3 Å². The van der Waals surface area contributed by atoms with E-state index >= 15 is 0 Å². The van der Waals surface area contributed by atoms with E-state index in [1.807, 2.05) is 0 Å². The summed E-state index contributed by atoms with van der Waals surface area (Å²) in [7, 11) is 2.10. The van der Waals surface area contributed by atoms with Crippen molar-refractivity contribution in [2.75, 3.05) is 7.05 Å². The first kappa shape index (κ1) is 15.5. The summed E-state index contributed by atoms with van der Waals surface area (Å²) in [5.41, 5.74) is 0. The first-order chi connectivity index (χ1) is 8.51. The number of carboxylic acids is 1. The van der Waals surface area contributed by atoms with Crippen molar-refractivity contribution < 1.29 is 9.90 Å². The van der Waals surface area contributed by atoms with Gasteiger partial charge >= 0.3 is 5.97 Å². The van der Waals surface area contributed by atoms with Crippen LogP contribution in [0.4, 0.5) is 0 Å². The van der Waals surface area contributed by atoms with Gasteiger partial charge < -0.3 is 5.11 Å². The Morgan fingerprint density at radius 2 is 2.06 bits per heavy atom. The SMILES string of the molecule is CCCC1CCC(C(=O)O)C(N(C)C(C)CC)C1. The molecule has 0 heterocycles. The van der Waals surface area contributed by atoms with Gasteiger partial charge in [-0.25, -0.2) is 0 Å². The molecule has 0 aromatic carbocycles. The van der Waals surface area contributed by atoms with E-state index < -0.39 is 5.97 Å². The quantitative estimate of drug-likeness (QED) is 0.791. The molecule has 0 aromatic rings. The van der Waals surface area contributed by atoms with Crippen LogP contribution in [0.25, 0.3) is 0 Å². The van der Waals surface area contributed by atoms with Crippen LogP contribution in [-0.4, -0.2) is 35.1 Å². The van der Waals surface area contributed by atoms with Crippen LogP contribution < -0.4 is 0 Å². The van der Waals surface area contributed by atoms with Crippen molar-refractivity contribution >= 4 is 5.97 Å². The van der Waals surface area contributed by atoms with E-state index in [0.29, 0.717) is 6.04 Å². The van der Waals surface area contributed by atoms with E-state index in [-0.39, 0.29) is 12.0 Å². The zero-order valence-electron chi connectivity index (χ0n) is 12.4. The molecule has 3 heteroatoms. The summed E-state index contributed by atoms with van der Waals surface area (Å²) in [6, 6.07) is 0.694. The maximum Gasteiger partial charge on any atom is 0.308 e. The number of rotatable bonds is 6. The lowest BCUT2D eigenvalue weighted by Crippen LogP contribution is -2.48. The standard InChI is InChI=1S/C15H29NO2/c1-5-7-12-8-9-13(15(17)18)14(10-12)16(4)11(3)6-2/h11-14H,5-10H2,1-4H3,(H,17,18). The van der Waals surface area contributed by atoms with Crippen LogP contribution in [0, 0.1) is 11.8 Å². The number of aliphatic carboxylic acids is 1. The number of carbonyl (C=O) groups is 1. The van der Waals surface area contributed by atoms with Gasteiger partial charge in [-0.05, 0) is 45.6 Å². The normalized spacial score (nSPS) is 30.4. The van der Waals surface area contributed by atoms with Crippen molar-refractivity contribution in [1.29, 1.82) is 0 Å². The van der Waals surface area contributed by atoms with Gasteiger partial charge in [0.1, 0.15) is 0 Å². The van der Waals surface area contributed by atoms with Crippen molar-refractivity contribution in [3.8, 4) is 0 Å². The highest BCUT2D eigenvalue weighted by molar-refractivity contribution is 5.71. The fourth-order valence-corrected chi connectivity index (χ4v) is 3.25. The summed E-state index contributed by atoms with van der Waals surface area (Å²) in [5.74, 6) is -0.0516. The summed E-state index contributed by atoms with van der Waals surface area (Å²) in [5, 5.41) is 9.40. The Morgan fingerprint density at radius 3 is 2.56 bits per heavy atom. The summed E-state index contributed by atoms with van der Waals surface area (Å²) in [4.78, 5) is 13.7. The molecule has 3 nitrogen and oxygen atoms in total. The molecule has 0 amide bonds. The van der Waals surface area contributed by atoms with Crippen molar-refractivity contribution in [3.63, 3.8) is 0 Å². The van der Waals surface area contributed by atoms with Crippen LogP contribution >= 0.6 is 0 Å². The molecule has 1 rings (SSSR count). The van der Waals surface area contributed by atoms with Crippen molar-refractivity contribution in [1.82, 2.24) is 4.90 Å². The number of carboxylic acid groups (broad SMARTS) is 1. The average molecular weight is 255 g/mol. The maximum absolute atomic E-state index is 11.4. The Kier molecular flexibility index (Phi) is 6.13. The average Bonchev–Trinajstić information content (AvgIpc) is 2.37. The van der Waals surface area contributed by atoms with E-state index in [0.717, 1.165) is 31.6 Å². The molecule has 18 heavy (non-hydrogen) atoms. The Balaban J connectivity index is 2.74. The van der Waals surface area contributed by atoms with Gasteiger partial charge in [0.05, 0.1) is 5.92 Å². The van der Waals surface area contributed by atoms with Gasteiger partial charge in [-0.1, -0.05) is 26.7 Å². The van der Waals surface area contributed by atoms with Crippen LogP contribution in [0.2, 0.25) is 0 Å². The van der Waals surface area contributed by atoms with Crippen molar-refractivity contribution in [2.45, 2.75) is 71.4 Å². The monoisotopic (exact) mass is 255 g/mol. The zero-order chi connectivity index (χ0) is 13.7. The zero-order valence-corrected chi connectivity index (χ0v) is 12.4. The van der Waals surface area contributed by atoms with E-state index in [1.54, 1.807) is 0 Å². The molecule has 1 saturated carbocycles. The lowest BCUT2D eigenvalue weighted by Gasteiger charge is -2.42. The largest absolute Gasteiger partial charge is 0.481 e. The van der Waals surface area contributed by atoms with E-state index in [1.165, 1.54) is 12.8 Å². The Morgan fingerprint density at radius 1 is 1.39 bits per heavy atom. The second-order valence-electron chi connectivity index (χ2n) is 5.90. The van der Waals surface area contributed by atoms with E-state index in [2.05, 4.69) is 32.7 Å². The van der Waals surface area contributed by atoms with Crippen molar-refractivity contribution in [2.24, 2.45) is 11.8 Å². The predicted octanol–water partition coefficient (Wildman–Crippen LogP) is 3.39. The molecule has 1 aliphatic rings. The highest BCUT2D eigenvalue weighted by atomic mass is 16.4. The van der Waals surface area contributed by atoms with Gasteiger partial charge in [-0.2, -0.15) is 0 Å². The molecular formula is C15H29NO2. The lowest BCUT2D eigenvalue weighted by molar-refractivity contribution is -0.146. The summed E-state index contributed by atoms with van der Waals surface area (Å²) in [6.07, 6.45) is 6.55. The van der Waals surface area contributed by atoms with Crippen LogP contribution in [0.3, 0.4) is 0 Å². The number of nitrogens with zero attached hydrogens (tertiary/aromatic N) is 1. The maximum atomic E-state index is 11.4. The van der Waals surface area contributed by atoms with Gasteiger partial charge in [0.25, 0.3) is 0 Å². The molecule has 1 fully saturated rings. The molecule has 106 valence electrons. The second kappa shape index (κ2) is 7.13. The summed E-state index contributed by atoms with van der Waals surface area (Å²) in [6.45, 7) is 6.59. The second-order valence-corrected chi connectivity index (χ2v) is 5.90. The molecule has 1 N–H and O–H groups in total. The molecule has 0 spiro atoms. The Hall–Kier alpha value is -0.570. The molecular weight excluding hydrogens is 226 g/mol. The van der Waals surface area contributed by atoms with E-state index in [9.17, 15) is 9.90 Å². The molecule has 4 unspecified atom stereocenters. The molecule has 0 aromatic heterocycles. The Bertz CT molecular complexity index is 267. The molecule has 0 saturated heterocycles. The highest BCUT2D eigenvalue weighted by Gasteiger charge is 2.37. The molecule has 0 aliphatic heterocycles. The van der Waals surface area contributed by atoms with Crippen molar-refractivity contribution in [3.05, 3.63) is 0 Å². The minimum Gasteiger partial charge on any atom is -0.481 e. The van der Waals surface area contributed by atoms with E-state index in [4.69, 9.17) is 0 Å². The summed E-state index contributed by atoms with van der Waals surface area (Å²) >= 11 is 0.